The fourth-order valence-corrected chi connectivity index (χ4v) is 2.46. The molecule has 0 aliphatic heterocycles. The number of anilines is 2. The SMILES string of the molecule is CCNCc1ccc(Cl)cc1N(CC)c1ccccc1. The van der Waals surface area contributed by atoms with E-state index in [0.717, 1.165) is 24.7 Å². The van der Waals surface area contributed by atoms with Gasteiger partial charge in [0.05, 0.1) is 0 Å². The van der Waals surface area contributed by atoms with Crippen LogP contribution in [0, 0.1) is 0 Å². The third-order valence-corrected chi connectivity index (χ3v) is 3.52. The Labute approximate surface area is 126 Å². The highest BCUT2D eigenvalue weighted by Gasteiger charge is 2.12. The van der Waals surface area contributed by atoms with E-state index in [1.807, 2.05) is 18.2 Å². The van der Waals surface area contributed by atoms with E-state index >= 15 is 0 Å². The first-order valence-corrected chi connectivity index (χ1v) is 7.45. The second-order valence-electron chi connectivity index (χ2n) is 4.63. The number of hydrogen-bond donors (Lipinski definition) is 1. The van der Waals surface area contributed by atoms with Crippen LogP contribution in [0.3, 0.4) is 0 Å². The molecule has 0 unspecified atom stereocenters. The van der Waals surface area contributed by atoms with Gasteiger partial charge in [0.1, 0.15) is 0 Å². The van der Waals surface area contributed by atoms with E-state index in [-0.39, 0.29) is 0 Å². The Morgan fingerprint density at radius 1 is 1.05 bits per heavy atom. The van der Waals surface area contributed by atoms with Gasteiger partial charge in [0.2, 0.25) is 0 Å². The minimum absolute atomic E-state index is 0.773. The summed E-state index contributed by atoms with van der Waals surface area (Å²) in [6.07, 6.45) is 0. The summed E-state index contributed by atoms with van der Waals surface area (Å²) >= 11 is 6.19. The average molecular weight is 289 g/mol. The van der Waals surface area contributed by atoms with Crippen LogP contribution >= 0.6 is 11.6 Å². The van der Waals surface area contributed by atoms with Crippen molar-refractivity contribution in [2.45, 2.75) is 20.4 Å². The number of benzene rings is 2. The van der Waals surface area contributed by atoms with Crippen LogP contribution < -0.4 is 10.2 Å². The number of nitrogens with zero attached hydrogens (tertiary/aromatic N) is 1. The number of nitrogens with one attached hydrogen (secondary N) is 1. The molecule has 0 aromatic heterocycles. The maximum Gasteiger partial charge on any atom is 0.0471 e. The van der Waals surface area contributed by atoms with Crippen molar-refractivity contribution in [2.75, 3.05) is 18.0 Å². The Morgan fingerprint density at radius 2 is 1.80 bits per heavy atom. The van der Waals surface area contributed by atoms with Crippen LogP contribution in [0.2, 0.25) is 5.02 Å². The summed E-state index contributed by atoms with van der Waals surface area (Å²) in [4.78, 5) is 2.29. The maximum absolute atomic E-state index is 6.19. The molecule has 0 saturated carbocycles. The van der Waals surface area contributed by atoms with E-state index in [0.29, 0.717) is 0 Å². The maximum atomic E-state index is 6.19. The molecule has 0 bridgehead atoms. The van der Waals surface area contributed by atoms with E-state index in [2.05, 4.69) is 54.4 Å². The van der Waals surface area contributed by atoms with Gasteiger partial charge < -0.3 is 10.2 Å². The van der Waals surface area contributed by atoms with E-state index in [9.17, 15) is 0 Å². The molecule has 2 aromatic carbocycles. The van der Waals surface area contributed by atoms with Gasteiger partial charge in [0.25, 0.3) is 0 Å². The molecule has 0 spiro atoms. The Kier molecular flexibility index (Phi) is 5.45. The summed E-state index contributed by atoms with van der Waals surface area (Å²) in [6.45, 7) is 6.99. The molecule has 20 heavy (non-hydrogen) atoms. The minimum Gasteiger partial charge on any atom is -0.341 e. The molecule has 0 radical (unpaired) electrons. The zero-order valence-corrected chi connectivity index (χ0v) is 12.8. The topological polar surface area (TPSA) is 15.3 Å². The summed E-state index contributed by atoms with van der Waals surface area (Å²) in [7, 11) is 0. The third kappa shape index (κ3) is 3.53. The Hall–Kier alpha value is -1.51. The van der Waals surface area contributed by atoms with Crippen molar-refractivity contribution in [3.8, 4) is 0 Å². The number of halogens is 1. The molecule has 0 aliphatic carbocycles. The van der Waals surface area contributed by atoms with Gasteiger partial charge in [-0.05, 0) is 43.3 Å². The zero-order valence-electron chi connectivity index (χ0n) is 12.1. The monoisotopic (exact) mass is 288 g/mol. The summed E-state index contributed by atoms with van der Waals surface area (Å²) in [5, 5.41) is 4.16. The lowest BCUT2D eigenvalue weighted by molar-refractivity contribution is 0.725. The molecule has 106 valence electrons. The first-order valence-electron chi connectivity index (χ1n) is 7.08. The quantitative estimate of drug-likeness (QED) is 0.835. The Bertz CT molecular complexity index is 540. The van der Waals surface area contributed by atoms with Crippen molar-refractivity contribution in [3.63, 3.8) is 0 Å². The third-order valence-electron chi connectivity index (χ3n) is 3.29. The van der Waals surface area contributed by atoms with Crippen molar-refractivity contribution in [2.24, 2.45) is 0 Å². The molecular formula is C17H21ClN2. The van der Waals surface area contributed by atoms with Gasteiger partial charge in [-0.25, -0.2) is 0 Å². The first-order chi connectivity index (χ1) is 9.76. The van der Waals surface area contributed by atoms with Gasteiger partial charge in [-0.2, -0.15) is 0 Å². The van der Waals surface area contributed by atoms with Crippen LogP contribution in [0.5, 0.6) is 0 Å². The fourth-order valence-electron chi connectivity index (χ4n) is 2.30. The lowest BCUT2D eigenvalue weighted by Gasteiger charge is -2.26. The van der Waals surface area contributed by atoms with Crippen molar-refractivity contribution in [1.29, 1.82) is 0 Å². The predicted octanol–water partition coefficient (Wildman–Crippen LogP) is 4.61. The normalized spacial score (nSPS) is 10.6. The van der Waals surface area contributed by atoms with Crippen LogP contribution in [0.25, 0.3) is 0 Å². The van der Waals surface area contributed by atoms with Gasteiger partial charge in [-0.3, -0.25) is 0 Å². The molecule has 2 nitrogen and oxygen atoms in total. The van der Waals surface area contributed by atoms with E-state index < -0.39 is 0 Å². The lowest BCUT2D eigenvalue weighted by Crippen LogP contribution is -2.20. The van der Waals surface area contributed by atoms with Crippen LogP contribution in [0.1, 0.15) is 19.4 Å². The molecule has 2 rings (SSSR count). The second-order valence-corrected chi connectivity index (χ2v) is 5.07. The van der Waals surface area contributed by atoms with Crippen molar-refractivity contribution >= 4 is 23.0 Å². The standard InChI is InChI=1S/C17H21ClN2/c1-3-19-13-14-10-11-15(18)12-17(14)20(4-2)16-8-6-5-7-9-16/h5-12,19H,3-4,13H2,1-2H3. The molecule has 0 fully saturated rings. The summed E-state index contributed by atoms with van der Waals surface area (Å²) in [5.41, 5.74) is 3.63. The zero-order chi connectivity index (χ0) is 14.4. The Balaban J connectivity index is 2.40. The van der Waals surface area contributed by atoms with E-state index in [4.69, 9.17) is 11.6 Å². The second kappa shape index (κ2) is 7.32. The van der Waals surface area contributed by atoms with Crippen molar-refractivity contribution in [1.82, 2.24) is 5.32 Å². The molecule has 0 heterocycles. The Morgan fingerprint density at radius 3 is 2.45 bits per heavy atom. The van der Waals surface area contributed by atoms with Crippen LogP contribution in [0.4, 0.5) is 11.4 Å². The van der Waals surface area contributed by atoms with Crippen molar-refractivity contribution < 1.29 is 0 Å². The highest BCUT2D eigenvalue weighted by molar-refractivity contribution is 6.30. The molecule has 0 saturated heterocycles. The highest BCUT2D eigenvalue weighted by atomic mass is 35.5. The fraction of sp³-hybridized carbons (Fsp3) is 0.294. The highest BCUT2D eigenvalue weighted by Crippen LogP contribution is 2.30. The molecule has 0 amide bonds. The average Bonchev–Trinajstić information content (AvgIpc) is 2.48. The predicted molar refractivity (Wildman–Crippen MR) is 88.0 cm³/mol. The number of para-hydroxylation sites is 1. The van der Waals surface area contributed by atoms with Gasteiger partial charge in [-0.15, -0.1) is 0 Å². The van der Waals surface area contributed by atoms with E-state index in [1.54, 1.807) is 0 Å². The summed E-state index contributed by atoms with van der Waals surface area (Å²) in [6, 6.07) is 16.5. The minimum atomic E-state index is 0.773. The largest absolute Gasteiger partial charge is 0.341 e. The first kappa shape index (κ1) is 14.9. The molecule has 1 N–H and O–H groups in total. The van der Waals surface area contributed by atoms with Gasteiger partial charge >= 0.3 is 0 Å². The molecule has 3 heteroatoms. The van der Waals surface area contributed by atoms with Crippen molar-refractivity contribution in [3.05, 3.63) is 59.1 Å². The smallest absolute Gasteiger partial charge is 0.0471 e. The van der Waals surface area contributed by atoms with Gasteiger partial charge in [0, 0.05) is 29.5 Å². The van der Waals surface area contributed by atoms with Crippen LogP contribution in [0.15, 0.2) is 48.5 Å². The van der Waals surface area contributed by atoms with Crippen LogP contribution in [-0.2, 0) is 6.54 Å². The number of hydrogen-bond acceptors (Lipinski definition) is 2. The van der Waals surface area contributed by atoms with Gasteiger partial charge in [-0.1, -0.05) is 42.8 Å². The lowest BCUT2D eigenvalue weighted by atomic mass is 10.1. The molecule has 2 aromatic rings. The summed E-state index contributed by atoms with van der Waals surface area (Å²) < 4.78 is 0. The molecule has 0 atom stereocenters. The van der Waals surface area contributed by atoms with E-state index in [1.165, 1.54) is 16.9 Å². The molecule has 0 aliphatic rings. The molecular weight excluding hydrogens is 268 g/mol. The summed E-state index contributed by atoms with van der Waals surface area (Å²) in [5.74, 6) is 0. The number of rotatable bonds is 6. The van der Waals surface area contributed by atoms with Crippen LogP contribution in [-0.4, -0.2) is 13.1 Å². The van der Waals surface area contributed by atoms with Gasteiger partial charge in [0.15, 0.2) is 0 Å².